The summed E-state index contributed by atoms with van der Waals surface area (Å²) in [6, 6.07) is 5.19. The predicted molar refractivity (Wildman–Crippen MR) is 70.5 cm³/mol. The molecule has 2 heterocycles. The lowest BCUT2D eigenvalue weighted by Gasteiger charge is -2.22. The summed E-state index contributed by atoms with van der Waals surface area (Å²) < 4.78 is 5.68. The second-order valence-corrected chi connectivity index (χ2v) is 5.24. The van der Waals surface area contributed by atoms with E-state index in [9.17, 15) is 4.79 Å². The topological polar surface area (TPSA) is 77.9 Å². The zero-order valence-corrected chi connectivity index (χ0v) is 11.3. The Balaban J connectivity index is 1.88. The van der Waals surface area contributed by atoms with Crippen LogP contribution in [0, 0.1) is 23.2 Å². The first-order valence-corrected chi connectivity index (χ1v) is 6.60. The van der Waals surface area contributed by atoms with Crippen LogP contribution in [0.2, 0.25) is 0 Å². The standard InChI is InChI=1S/C14H19N3O2/c1-9(2)13-10(5-6-19-13)8-16-14(18)12-4-3-11(7-15)17-12/h3-4,9-10,13,17H,5-6,8H2,1-2H3,(H,16,18)/t10-,13-/m1/s1. The van der Waals surface area contributed by atoms with E-state index in [-0.39, 0.29) is 12.0 Å². The van der Waals surface area contributed by atoms with Gasteiger partial charge in [-0.3, -0.25) is 4.79 Å². The molecule has 0 unspecified atom stereocenters. The van der Waals surface area contributed by atoms with E-state index in [0.717, 1.165) is 13.0 Å². The molecule has 1 saturated heterocycles. The molecule has 5 heteroatoms. The number of carbonyl (C=O) groups is 1. The molecule has 102 valence electrons. The van der Waals surface area contributed by atoms with Crippen molar-refractivity contribution >= 4 is 5.91 Å². The Bertz CT molecular complexity index is 487. The molecule has 5 nitrogen and oxygen atoms in total. The largest absolute Gasteiger partial charge is 0.378 e. The van der Waals surface area contributed by atoms with Gasteiger partial charge in [0.05, 0.1) is 6.10 Å². The van der Waals surface area contributed by atoms with Gasteiger partial charge in [0.1, 0.15) is 17.5 Å². The van der Waals surface area contributed by atoms with Crippen molar-refractivity contribution in [2.75, 3.05) is 13.2 Å². The second-order valence-electron chi connectivity index (χ2n) is 5.24. The van der Waals surface area contributed by atoms with Crippen LogP contribution < -0.4 is 5.32 Å². The van der Waals surface area contributed by atoms with E-state index in [1.807, 2.05) is 6.07 Å². The summed E-state index contributed by atoms with van der Waals surface area (Å²) in [4.78, 5) is 14.7. The number of nitrogens with one attached hydrogen (secondary N) is 2. The van der Waals surface area contributed by atoms with Gasteiger partial charge in [-0.15, -0.1) is 0 Å². The van der Waals surface area contributed by atoms with E-state index >= 15 is 0 Å². The maximum Gasteiger partial charge on any atom is 0.267 e. The molecule has 1 amide bonds. The van der Waals surface area contributed by atoms with Gasteiger partial charge < -0.3 is 15.0 Å². The minimum atomic E-state index is -0.170. The molecule has 0 saturated carbocycles. The fourth-order valence-corrected chi connectivity index (χ4v) is 2.52. The first-order chi connectivity index (χ1) is 9.11. The predicted octanol–water partition coefficient (Wildman–Crippen LogP) is 1.68. The molecule has 19 heavy (non-hydrogen) atoms. The van der Waals surface area contributed by atoms with Crippen LogP contribution in [0.15, 0.2) is 12.1 Å². The molecule has 2 atom stereocenters. The van der Waals surface area contributed by atoms with Gasteiger partial charge in [-0.2, -0.15) is 5.26 Å². The van der Waals surface area contributed by atoms with Crippen LogP contribution >= 0.6 is 0 Å². The molecule has 0 bridgehead atoms. The van der Waals surface area contributed by atoms with Crippen LogP contribution in [0.1, 0.15) is 36.5 Å². The Morgan fingerprint density at radius 3 is 3.05 bits per heavy atom. The summed E-state index contributed by atoms with van der Waals surface area (Å²) in [5, 5.41) is 11.6. The quantitative estimate of drug-likeness (QED) is 0.865. The number of hydrogen-bond acceptors (Lipinski definition) is 3. The fourth-order valence-electron chi connectivity index (χ4n) is 2.52. The number of ether oxygens (including phenoxy) is 1. The smallest absolute Gasteiger partial charge is 0.267 e. The number of amides is 1. The van der Waals surface area contributed by atoms with Crippen molar-refractivity contribution in [3.05, 3.63) is 23.5 Å². The van der Waals surface area contributed by atoms with Crippen molar-refractivity contribution in [2.45, 2.75) is 26.4 Å². The van der Waals surface area contributed by atoms with Crippen molar-refractivity contribution in [3.63, 3.8) is 0 Å². The first kappa shape index (κ1) is 13.6. The van der Waals surface area contributed by atoms with Crippen molar-refractivity contribution in [3.8, 4) is 6.07 Å². The van der Waals surface area contributed by atoms with Gasteiger partial charge in [0.15, 0.2) is 0 Å². The van der Waals surface area contributed by atoms with Gasteiger partial charge in [-0.05, 0) is 24.5 Å². The van der Waals surface area contributed by atoms with Crippen molar-refractivity contribution in [2.24, 2.45) is 11.8 Å². The Morgan fingerprint density at radius 2 is 2.42 bits per heavy atom. The van der Waals surface area contributed by atoms with Gasteiger partial charge >= 0.3 is 0 Å². The summed E-state index contributed by atoms with van der Waals surface area (Å²) in [5.74, 6) is 0.658. The molecular formula is C14H19N3O2. The van der Waals surface area contributed by atoms with Gasteiger partial charge in [0.25, 0.3) is 5.91 Å². The van der Waals surface area contributed by atoms with Crippen LogP contribution in [-0.2, 0) is 4.74 Å². The number of nitrogens with zero attached hydrogens (tertiary/aromatic N) is 1. The van der Waals surface area contributed by atoms with Crippen molar-refractivity contribution in [1.82, 2.24) is 10.3 Å². The Hall–Kier alpha value is -1.80. The van der Waals surface area contributed by atoms with Crippen LogP contribution in [0.4, 0.5) is 0 Å². The average molecular weight is 261 g/mol. The lowest BCUT2D eigenvalue weighted by Crippen LogP contribution is -2.35. The molecule has 1 aliphatic heterocycles. The van der Waals surface area contributed by atoms with E-state index in [2.05, 4.69) is 24.1 Å². The maximum absolute atomic E-state index is 11.9. The molecule has 1 fully saturated rings. The van der Waals surface area contributed by atoms with Crippen LogP contribution in [-0.4, -0.2) is 30.1 Å². The van der Waals surface area contributed by atoms with E-state index in [4.69, 9.17) is 10.00 Å². The van der Waals surface area contributed by atoms with E-state index in [1.54, 1.807) is 12.1 Å². The highest BCUT2D eigenvalue weighted by Crippen LogP contribution is 2.26. The van der Waals surface area contributed by atoms with Crippen molar-refractivity contribution < 1.29 is 9.53 Å². The first-order valence-electron chi connectivity index (χ1n) is 6.60. The Morgan fingerprint density at radius 1 is 1.63 bits per heavy atom. The summed E-state index contributed by atoms with van der Waals surface area (Å²) in [5.41, 5.74) is 0.825. The van der Waals surface area contributed by atoms with E-state index < -0.39 is 0 Å². The average Bonchev–Trinajstić information content (AvgIpc) is 3.04. The molecule has 2 N–H and O–H groups in total. The van der Waals surface area contributed by atoms with Crippen molar-refractivity contribution in [1.29, 1.82) is 5.26 Å². The van der Waals surface area contributed by atoms with E-state index in [1.165, 1.54) is 0 Å². The third kappa shape index (κ3) is 3.15. The molecular weight excluding hydrogens is 242 g/mol. The van der Waals surface area contributed by atoms with Crippen LogP contribution in [0.3, 0.4) is 0 Å². The van der Waals surface area contributed by atoms with Gasteiger partial charge in [0.2, 0.25) is 0 Å². The monoisotopic (exact) mass is 261 g/mol. The normalized spacial score (nSPS) is 22.4. The van der Waals surface area contributed by atoms with Crippen LogP contribution in [0.25, 0.3) is 0 Å². The lowest BCUT2D eigenvalue weighted by molar-refractivity contribution is 0.0533. The highest BCUT2D eigenvalue weighted by atomic mass is 16.5. The summed E-state index contributed by atoms with van der Waals surface area (Å²) >= 11 is 0. The lowest BCUT2D eigenvalue weighted by atomic mass is 9.93. The minimum Gasteiger partial charge on any atom is -0.378 e. The molecule has 0 aliphatic carbocycles. The Labute approximate surface area is 113 Å². The third-order valence-electron chi connectivity index (χ3n) is 3.50. The van der Waals surface area contributed by atoms with Gasteiger partial charge in [0, 0.05) is 19.1 Å². The number of carbonyl (C=O) groups excluding carboxylic acids is 1. The highest BCUT2D eigenvalue weighted by Gasteiger charge is 2.30. The number of H-pyrrole nitrogens is 1. The molecule has 0 spiro atoms. The summed E-state index contributed by atoms with van der Waals surface area (Å²) in [6.07, 6.45) is 1.20. The summed E-state index contributed by atoms with van der Waals surface area (Å²) in [7, 11) is 0. The number of rotatable bonds is 4. The molecule has 0 radical (unpaired) electrons. The maximum atomic E-state index is 11.9. The second kappa shape index (κ2) is 5.89. The Kier molecular flexibility index (Phi) is 4.23. The number of hydrogen-bond donors (Lipinski definition) is 2. The van der Waals surface area contributed by atoms with Gasteiger partial charge in [-0.25, -0.2) is 0 Å². The number of aromatic nitrogens is 1. The van der Waals surface area contributed by atoms with Gasteiger partial charge in [-0.1, -0.05) is 13.8 Å². The summed E-state index contributed by atoms with van der Waals surface area (Å²) in [6.45, 7) is 5.65. The number of nitriles is 1. The molecule has 1 aromatic heterocycles. The molecule has 1 aliphatic rings. The highest BCUT2D eigenvalue weighted by molar-refractivity contribution is 5.92. The molecule has 1 aromatic rings. The van der Waals surface area contributed by atoms with E-state index in [0.29, 0.717) is 29.8 Å². The van der Waals surface area contributed by atoms with Crippen LogP contribution in [0.5, 0.6) is 0 Å². The third-order valence-corrected chi connectivity index (χ3v) is 3.50. The zero-order valence-electron chi connectivity index (χ0n) is 11.3. The zero-order chi connectivity index (χ0) is 13.8. The SMILES string of the molecule is CC(C)[C@H]1OCC[C@@H]1CNC(=O)c1ccc(C#N)[nH]1. The minimum absolute atomic E-state index is 0.170. The number of aromatic amines is 1. The molecule has 0 aromatic carbocycles. The fraction of sp³-hybridized carbons (Fsp3) is 0.571. The molecule has 2 rings (SSSR count).